The molecule has 0 unspecified atom stereocenters. The summed E-state index contributed by atoms with van der Waals surface area (Å²) in [6, 6.07) is 0. The SMILES string of the molecule is [CH2-]c1nn[nH]n1.[CH3-].[U+2]. The molecular formula is C3H6N4U. The molecule has 0 saturated heterocycles. The minimum atomic E-state index is 0. The number of tetrazole rings is 1. The van der Waals surface area contributed by atoms with E-state index in [-0.39, 0.29) is 38.5 Å². The van der Waals surface area contributed by atoms with Crippen LogP contribution in [0, 0.1) is 45.5 Å². The summed E-state index contributed by atoms with van der Waals surface area (Å²) in [6.45, 7) is 3.36. The van der Waals surface area contributed by atoms with E-state index in [0.717, 1.165) is 0 Å². The molecule has 1 aromatic heterocycles. The third-order valence-electron chi connectivity index (χ3n) is 0.389. The summed E-state index contributed by atoms with van der Waals surface area (Å²) < 4.78 is 0. The molecule has 0 fully saturated rings. The van der Waals surface area contributed by atoms with Gasteiger partial charge in [0.2, 0.25) is 0 Å². The molecule has 42 valence electrons. The molecule has 4 nitrogen and oxygen atoms in total. The van der Waals surface area contributed by atoms with Crippen molar-refractivity contribution < 1.29 is 31.1 Å². The molecule has 1 N–H and O–H groups in total. The van der Waals surface area contributed by atoms with E-state index in [2.05, 4.69) is 27.5 Å². The normalized spacial score (nSPS) is 6.50. The molecule has 5 heteroatoms. The molecule has 8 heavy (non-hydrogen) atoms. The molecule has 0 bridgehead atoms. The summed E-state index contributed by atoms with van der Waals surface area (Å²) in [5.41, 5.74) is 0. The quantitative estimate of drug-likeness (QED) is 0.670. The van der Waals surface area contributed by atoms with E-state index >= 15 is 0 Å². The fraction of sp³-hybridized carbons (Fsp3) is 0. The van der Waals surface area contributed by atoms with Crippen LogP contribution in [-0.2, 0) is 0 Å². The Morgan fingerprint density at radius 3 is 2.25 bits per heavy atom. The maximum atomic E-state index is 3.46. The number of aromatic nitrogens is 4. The molecule has 0 amide bonds. The van der Waals surface area contributed by atoms with E-state index in [1.807, 2.05) is 0 Å². The average Bonchev–Trinajstić information content (AvgIpc) is 1.86. The Kier molecular flexibility index (Phi) is 6.98. The van der Waals surface area contributed by atoms with E-state index in [9.17, 15) is 0 Å². The van der Waals surface area contributed by atoms with Gasteiger partial charge in [0, 0.05) is 5.82 Å². The van der Waals surface area contributed by atoms with Crippen LogP contribution in [0.25, 0.3) is 0 Å². The van der Waals surface area contributed by atoms with Gasteiger partial charge in [-0.3, -0.25) is 0 Å². The Bertz CT molecular complexity index is 115. The van der Waals surface area contributed by atoms with Gasteiger partial charge in [-0.05, 0) is 0 Å². The monoisotopic (exact) mass is 336 g/mol. The van der Waals surface area contributed by atoms with Gasteiger partial charge in [0.05, 0.1) is 0 Å². The van der Waals surface area contributed by atoms with E-state index in [1.165, 1.54) is 0 Å². The van der Waals surface area contributed by atoms with Crippen molar-refractivity contribution in [3.63, 3.8) is 0 Å². The van der Waals surface area contributed by atoms with E-state index in [4.69, 9.17) is 0 Å². The second kappa shape index (κ2) is 5.13. The van der Waals surface area contributed by atoms with Crippen molar-refractivity contribution in [1.29, 1.82) is 0 Å². The van der Waals surface area contributed by atoms with Crippen molar-refractivity contribution >= 4 is 0 Å². The first-order chi connectivity index (χ1) is 2.89. The molecule has 0 aliphatic rings. The average molecular weight is 336 g/mol. The predicted octanol–water partition coefficient (Wildman–Crippen LogP) is -0.168. The minimum Gasteiger partial charge on any atom is -0.358 e. The Labute approximate surface area is 71.8 Å². The number of hydrogen-bond acceptors (Lipinski definition) is 3. The molecule has 1 rings (SSSR count). The predicted molar refractivity (Wildman–Crippen MR) is 25.1 cm³/mol. The maximum Gasteiger partial charge on any atom is 2.00 e. The van der Waals surface area contributed by atoms with Gasteiger partial charge in [0.15, 0.2) is 0 Å². The van der Waals surface area contributed by atoms with Crippen molar-refractivity contribution in [1.82, 2.24) is 20.6 Å². The van der Waals surface area contributed by atoms with Gasteiger partial charge >= 0.3 is 31.1 Å². The van der Waals surface area contributed by atoms with Gasteiger partial charge in [-0.15, -0.1) is 5.10 Å². The van der Waals surface area contributed by atoms with Crippen molar-refractivity contribution in [3.05, 3.63) is 20.2 Å². The Hall–Kier alpha value is -0.00805. The van der Waals surface area contributed by atoms with Gasteiger partial charge in [-0.25, -0.2) is 0 Å². The third-order valence-corrected chi connectivity index (χ3v) is 0.389. The molecule has 0 saturated carbocycles. The van der Waals surface area contributed by atoms with Gasteiger partial charge in [0.25, 0.3) is 0 Å². The standard InChI is InChI=1S/C2H3N4.CH3.U/c1-2-3-5-6-4-2;;/h1H2,(H,3,4,5,6);1H3;/q2*-1;+2. The van der Waals surface area contributed by atoms with Crippen LogP contribution in [0.3, 0.4) is 0 Å². The van der Waals surface area contributed by atoms with Gasteiger partial charge in [0.1, 0.15) is 0 Å². The first kappa shape index (κ1) is 10.9. The summed E-state index contributed by atoms with van der Waals surface area (Å²) >= 11 is 0. The zero-order valence-corrected chi connectivity index (χ0v) is 8.71. The number of rotatable bonds is 0. The van der Waals surface area contributed by atoms with Crippen LogP contribution in [0.4, 0.5) is 0 Å². The van der Waals surface area contributed by atoms with Crippen LogP contribution in [0.2, 0.25) is 0 Å². The van der Waals surface area contributed by atoms with Crippen LogP contribution in [-0.4, -0.2) is 20.6 Å². The van der Waals surface area contributed by atoms with Crippen LogP contribution >= 0.6 is 0 Å². The Morgan fingerprint density at radius 2 is 2.12 bits per heavy atom. The van der Waals surface area contributed by atoms with Gasteiger partial charge in [-0.2, -0.15) is 10.3 Å². The van der Waals surface area contributed by atoms with Crippen molar-refractivity contribution in [3.8, 4) is 0 Å². The zero-order valence-electron chi connectivity index (χ0n) is 4.55. The number of nitrogens with one attached hydrogen (secondary N) is 1. The summed E-state index contributed by atoms with van der Waals surface area (Å²) in [5, 5.41) is 12.4. The van der Waals surface area contributed by atoms with Gasteiger partial charge in [-0.1, -0.05) is 5.21 Å². The molecule has 0 aliphatic heterocycles. The smallest absolute Gasteiger partial charge is 0.358 e. The van der Waals surface area contributed by atoms with Crippen molar-refractivity contribution in [2.75, 3.05) is 0 Å². The number of nitrogens with zero attached hydrogens (tertiary/aromatic N) is 3. The van der Waals surface area contributed by atoms with E-state index in [0.29, 0.717) is 5.82 Å². The second-order valence-electron chi connectivity index (χ2n) is 0.828. The van der Waals surface area contributed by atoms with Crippen LogP contribution < -0.4 is 0 Å². The van der Waals surface area contributed by atoms with Crippen LogP contribution in [0.5, 0.6) is 0 Å². The molecule has 0 aliphatic carbocycles. The zero-order chi connectivity index (χ0) is 4.41. The summed E-state index contributed by atoms with van der Waals surface area (Å²) in [5.74, 6) is 0.426. The first-order valence-corrected chi connectivity index (χ1v) is 1.45. The van der Waals surface area contributed by atoms with Gasteiger partial charge < -0.3 is 14.4 Å². The van der Waals surface area contributed by atoms with Crippen LogP contribution in [0.15, 0.2) is 0 Å². The minimum absolute atomic E-state index is 0. The molecule has 1 heterocycles. The molecule has 0 atom stereocenters. The number of hydrogen-bond donors (Lipinski definition) is 1. The van der Waals surface area contributed by atoms with Crippen molar-refractivity contribution in [2.24, 2.45) is 0 Å². The summed E-state index contributed by atoms with van der Waals surface area (Å²) in [7, 11) is 0. The first-order valence-electron chi connectivity index (χ1n) is 1.45. The molecule has 0 aromatic carbocycles. The molecule has 0 spiro atoms. The molecular weight excluding hydrogens is 330 g/mol. The topological polar surface area (TPSA) is 54.5 Å². The number of H-pyrrole nitrogens is 1. The fourth-order valence-corrected chi connectivity index (χ4v) is 0.183. The van der Waals surface area contributed by atoms with E-state index < -0.39 is 0 Å². The second-order valence-corrected chi connectivity index (χ2v) is 0.828. The Morgan fingerprint density at radius 1 is 1.50 bits per heavy atom. The van der Waals surface area contributed by atoms with Crippen LogP contribution in [0.1, 0.15) is 5.82 Å². The molecule has 0 radical (unpaired) electrons. The Balaban J connectivity index is 0. The fourth-order valence-electron chi connectivity index (χ4n) is 0.183. The summed E-state index contributed by atoms with van der Waals surface area (Å²) in [4.78, 5) is 0. The maximum absolute atomic E-state index is 3.46. The third kappa shape index (κ3) is 3.05. The largest absolute Gasteiger partial charge is 2.00 e. The summed E-state index contributed by atoms with van der Waals surface area (Å²) in [6.07, 6.45) is 0. The number of aromatic amines is 1. The molecule has 1 aromatic rings. The van der Waals surface area contributed by atoms with Crippen molar-refractivity contribution in [2.45, 2.75) is 0 Å². The van der Waals surface area contributed by atoms with E-state index in [1.54, 1.807) is 0 Å².